The van der Waals surface area contributed by atoms with E-state index in [4.69, 9.17) is 9.73 Å². The number of aliphatic imine (C=N–C) groups is 1. The number of aromatic amines is 1. The number of nitrogens with one attached hydrogen (secondary N) is 2. The summed E-state index contributed by atoms with van der Waals surface area (Å²) in [5, 5.41) is 3.35. The van der Waals surface area contributed by atoms with Gasteiger partial charge in [-0.1, -0.05) is 30.3 Å². The third-order valence-corrected chi connectivity index (χ3v) is 4.22. The number of imidazole rings is 1. The van der Waals surface area contributed by atoms with Crippen molar-refractivity contribution in [3.8, 4) is 11.3 Å². The van der Waals surface area contributed by atoms with Gasteiger partial charge in [-0.25, -0.2) is 4.98 Å². The molecule has 0 saturated carbocycles. The van der Waals surface area contributed by atoms with E-state index in [1.165, 1.54) is 0 Å². The highest BCUT2D eigenvalue weighted by atomic mass is 127. The molecule has 0 aliphatic heterocycles. The van der Waals surface area contributed by atoms with Crippen LogP contribution >= 0.6 is 24.0 Å². The highest BCUT2D eigenvalue weighted by molar-refractivity contribution is 14.0. The van der Waals surface area contributed by atoms with Gasteiger partial charge in [0.2, 0.25) is 0 Å². The first-order valence-corrected chi connectivity index (χ1v) is 9.40. The minimum atomic E-state index is 0. The van der Waals surface area contributed by atoms with Crippen molar-refractivity contribution in [1.82, 2.24) is 25.1 Å². The fourth-order valence-corrected chi connectivity index (χ4v) is 2.66. The predicted molar refractivity (Wildman–Crippen MR) is 126 cm³/mol. The Hall–Kier alpha value is -1.65. The molecule has 7 nitrogen and oxygen atoms in total. The largest absolute Gasteiger partial charge is 0.383 e. The third-order valence-electron chi connectivity index (χ3n) is 4.22. The van der Waals surface area contributed by atoms with Gasteiger partial charge in [0.1, 0.15) is 5.82 Å². The van der Waals surface area contributed by atoms with Gasteiger partial charge >= 0.3 is 0 Å². The molecule has 1 aromatic heterocycles. The molecule has 0 radical (unpaired) electrons. The van der Waals surface area contributed by atoms with Crippen molar-refractivity contribution in [2.24, 2.45) is 4.99 Å². The Balaban J connectivity index is 0.00000392. The summed E-state index contributed by atoms with van der Waals surface area (Å²) in [7, 11) is 5.84. The van der Waals surface area contributed by atoms with E-state index in [0.29, 0.717) is 6.54 Å². The number of H-pyrrole nitrogens is 1. The lowest BCUT2D eigenvalue weighted by atomic mass is 10.2. The summed E-state index contributed by atoms with van der Waals surface area (Å²) >= 11 is 0. The van der Waals surface area contributed by atoms with Gasteiger partial charge in [0, 0.05) is 33.8 Å². The molecule has 28 heavy (non-hydrogen) atoms. The van der Waals surface area contributed by atoms with Crippen molar-refractivity contribution in [3.05, 3.63) is 42.4 Å². The van der Waals surface area contributed by atoms with Crippen LogP contribution in [0.2, 0.25) is 0 Å². The van der Waals surface area contributed by atoms with E-state index >= 15 is 0 Å². The standard InChI is InChI=1S/C20H32N6O.HI/c1-5-21-20(22-11-12-25(2)13-14-27-4)26(3)16-19-23-15-18(24-19)17-9-7-6-8-10-17;/h6-10,15H,5,11-14,16H2,1-4H3,(H,21,22)(H,23,24);1H. The Morgan fingerprint density at radius 1 is 1.21 bits per heavy atom. The number of guanidine groups is 1. The quantitative estimate of drug-likeness (QED) is 0.298. The van der Waals surface area contributed by atoms with Gasteiger partial charge in [-0.2, -0.15) is 0 Å². The van der Waals surface area contributed by atoms with E-state index in [0.717, 1.165) is 55.8 Å². The maximum atomic E-state index is 5.11. The zero-order valence-corrected chi connectivity index (χ0v) is 19.6. The SMILES string of the molecule is CCNC(=NCCN(C)CCOC)N(C)Cc1ncc(-c2ccccc2)[nH]1.I. The number of hydrogen-bond donors (Lipinski definition) is 2. The Labute approximate surface area is 185 Å². The molecule has 0 bridgehead atoms. The van der Waals surface area contributed by atoms with Crippen LogP contribution in [0, 0.1) is 0 Å². The van der Waals surface area contributed by atoms with E-state index in [9.17, 15) is 0 Å². The number of methoxy groups -OCH3 is 1. The van der Waals surface area contributed by atoms with Crippen molar-refractivity contribution in [2.75, 3.05) is 54.0 Å². The molecule has 1 heterocycles. The van der Waals surface area contributed by atoms with Crippen LogP contribution in [-0.4, -0.2) is 79.7 Å². The summed E-state index contributed by atoms with van der Waals surface area (Å²) in [6, 6.07) is 10.2. The first-order chi connectivity index (χ1) is 13.1. The maximum Gasteiger partial charge on any atom is 0.194 e. The van der Waals surface area contributed by atoms with Crippen molar-refractivity contribution in [2.45, 2.75) is 13.5 Å². The second-order valence-electron chi connectivity index (χ2n) is 6.50. The minimum Gasteiger partial charge on any atom is -0.383 e. The third kappa shape index (κ3) is 8.15. The molecule has 1 aromatic carbocycles. The van der Waals surface area contributed by atoms with Crippen LogP contribution in [0.5, 0.6) is 0 Å². The summed E-state index contributed by atoms with van der Waals surface area (Å²) < 4.78 is 5.11. The molecule has 0 aliphatic rings. The normalized spacial score (nSPS) is 11.4. The van der Waals surface area contributed by atoms with Crippen LogP contribution in [0.25, 0.3) is 11.3 Å². The molecular formula is C20H33IN6O. The summed E-state index contributed by atoms with van der Waals surface area (Å²) in [5.41, 5.74) is 2.17. The molecular weight excluding hydrogens is 467 g/mol. The first kappa shape index (κ1) is 24.4. The molecule has 2 aromatic rings. The summed E-state index contributed by atoms with van der Waals surface area (Å²) in [6.45, 7) is 6.85. The molecule has 8 heteroatoms. The van der Waals surface area contributed by atoms with Gasteiger partial charge in [-0.15, -0.1) is 24.0 Å². The van der Waals surface area contributed by atoms with Crippen LogP contribution < -0.4 is 5.32 Å². The van der Waals surface area contributed by atoms with E-state index in [1.807, 2.05) is 31.4 Å². The monoisotopic (exact) mass is 500 g/mol. The fourth-order valence-electron chi connectivity index (χ4n) is 2.66. The Bertz CT molecular complexity index is 691. The molecule has 2 N–H and O–H groups in total. The molecule has 0 aliphatic carbocycles. The van der Waals surface area contributed by atoms with Crippen LogP contribution in [0.15, 0.2) is 41.5 Å². The Morgan fingerprint density at radius 3 is 2.64 bits per heavy atom. The van der Waals surface area contributed by atoms with E-state index in [-0.39, 0.29) is 24.0 Å². The highest BCUT2D eigenvalue weighted by Crippen LogP contribution is 2.16. The minimum absolute atomic E-state index is 0. The zero-order valence-electron chi connectivity index (χ0n) is 17.3. The van der Waals surface area contributed by atoms with Crippen molar-refractivity contribution in [3.63, 3.8) is 0 Å². The zero-order chi connectivity index (χ0) is 19.5. The summed E-state index contributed by atoms with van der Waals surface area (Å²) in [5.74, 6) is 1.80. The van der Waals surface area contributed by atoms with Crippen molar-refractivity contribution < 1.29 is 4.74 Å². The molecule has 0 fully saturated rings. The number of halogens is 1. The molecule has 2 rings (SSSR count). The van der Waals surface area contributed by atoms with Gasteiger partial charge < -0.3 is 24.8 Å². The second-order valence-corrected chi connectivity index (χ2v) is 6.50. The van der Waals surface area contributed by atoms with Crippen LogP contribution in [0.3, 0.4) is 0 Å². The van der Waals surface area contributed by atoms with Gasteiger partial charge in [0.25, 0.3) is 0 Å². The van der Waals surface area contributed by atoms with Gasteiger partial charge in [-0.05, 0) is 19.5 Å². The molecule has 156 valence electrons. The maximum absolute atomic E-state index is 5.11. The molecule has 0 spiro atoms. The average Bonchev–Trinajstić information content (AvgIpc) is 3.14. The lowest BCUT2D eigenvalue weighted by molar-refractivity contribution is 0.163. The van der Waals surface area contributed by atoms with Crippen LogP contribution in [0.1, 0.15) is 12.7 Å². The number of likely N-dealkylation sites (N-methyl/N-ethyl adjacent to an activating group) is 1. The van der Waals surface area contributed by atoms with Crippen LogP contribution in [0.4, 0.5) is 0 Å². The number of ether oxygens (including phenoxy) is 1. The average molecular weight is 500 g/mol. The molecule has 0 unspecified atom stereocenters. The van der Waals surface area contributed by atoms with E-state index in [2.05, 4.69) is 51.2 Å². The molecule has 0 saturated heterocycles. The highest BCUT2D eigenvalue weighted by Gasteiger charge is 2.10. The van der Waals surface area contributed by atoms with E-state index < -0.39 is 0 Å². The Kier molecular flexibility index (Phi) is 11.8. The first-order valence-electron chi connectivity index (χ1n) is 9.40. The number of aromatic nitrogens is 2. The van der Waals surface area contributed by atoms with E-state index in [1.54, 1.807) is 7.11 Å². The van der Waals surface area contributed by atoms with Crippen LogP contribution in [-0.2, 0) is 11.3 Å². The number of hydrogen-bond acceptors (Lipinski definition) is 4. The number of rotatable bonds is 10. The van der Waals surface area contributed by atoms with Crippen molar-refractivity contribution in [1.29, 1.82) is 0 Å². The number of nitrogens with zero attached hydrogens (tertiary/aromatic N) is 4. The number of benzene rings is 1. The topological polar surface area (TPSA) is 68.8 Å². The Morgan fingerprint density at radius 2 is 1.96 bits per heavy atom. The smallest absolute Gasteiger partial charge is 0.194 e. The fraction of sp³-hybridized carbons (Fsp3) is 0.500. The lowest BCUT2D eigenvalue weighted by Gasteiger charge is -2.21. The summed E-state index contributed by atoms with van der Waals surface area (Å²) in [4.78, 5) is 16.9. The molecule has 0 atom stereocenters. The molecule has 0 amide bonds. The van der Waals surface area contributed by atoms with Gasteiger partial charge in [0.05, 0.1) is 31.6 Å². The predicted octanol–water partition coefficient (Wildman–Crippen LogP) is 2.67. The van der Waals surface area contributed by atoms with Gasteiger partial charge in [0.15, 0.2) is 5.96 Å². The second kappa shape index (κ2) is 13.5. The lowest BCUT2D eigenvalue weighted by Crippen LogP contribution is -2.39. The van der Waals surface area contributed by atoms with Gasteiger partial charge in [-0.3, -0.25) is 4.99 Å². The summed E-state index contributed by atoms with van der Waals surface area (Å²) in [6.07, 6.45) is 1.88. The van der Waals surface area contributed by atoms with Crippen molar-refractivity contribution >= 4 is 29.9 Å².